The van der Waals surface area contributed by atoms with Crippen molar-refractivity contribution in [2.45, 2.75) is 19.9 Å². The second-order valence-corrected chi connectivity index (χ2v) is 6.69. The lowest BCUT2D eigenvalue weighted by Crippen LogP contribution is -2.30. The summed E-state index contributed by atoms with van der Waals surface area (Å²) in [6.45, 7) is 3.94. The van der Waals surface area contributed by atoms with E-state index >= 15 is 0 Å². The van der Waals surface area contributed by atoms with Crippen LogP contribution in [0.4, 0.5) is 0 Å². The van der Waals surface area contributed by atoms with Crippen LogP contribution in [-0.2, 0) is 0 Å². The second-order valence-electron chi connectivity index (χ2n) is 5.78. The van der Waals surface area contributed by atoms with Crippen molar-refractivity contribution in [1.29, 1.82) is 5.41 Å². The molecule has 122 valence electrons. The minimum Gasteiger partial charge on any atom is -0.438 e. The summed E-state index contributed by atoms with van der Waals surface area (Å²) in [6, 6.07) is 15.0. The van der Waals surface area contributed by atoms with Gasteiger partial charge in [-0.2, -0.15) is 0 Å². The van der Waals surface area contributed by atoms with Crippen LogP contribution < -0.4 is 10.9 Å². The third-order valence-corrected chi connectivity index (χ3v) is 4.39. The normalized spacial score (nSPS) is 12.1. The zero-order chi connectivity index (χ0) is 17.3. The lowest BCUT2D eigenvalue weighted by molar-refractivity contribution is 0.0935. The first-order valence-corrected chi connectivity index (χ1v) is 8.39. The lowest BCUT2D eigenvalue weighted by Gasteiger charge is -2.14. The SMILES string of the molecule is Cc1ccc([C@H](C)NC(=O)c2cc3cc(Br)ccc3oc2=N)cc1. The van der Waals surface area contributed by atoms with E-state index in [-0.39, 0.29) is 23.1 Å². The highest BCUT2D eigenvalue weighted by atomic mass is 79.9. The number of halogens is 1. The van der Waals surface area contributed by atoms with E-state index in [4.69, 9.17) is 9.83 Å². The third-order valence-electron chi connectivity index (χ3n) is 3.90. The molecule has 0 fully saturated rings. The topological polar surface area (TPSA) is 66.1 Å². The molecule has 2 N–H and O–H groups in total. The van der Waals surface area contributed by atoms with Crippen molar-refractivity contribution in [3.63, 3.8) is 0 Å². The largest absolute Gasteiger partial charge is 0.438 e. The number of rotatable bonds is 3. The van der Waals surface area contributed by atoms with Gasteiger partial charge >= 0.3 is 0 Å². The molecule has 3 aromatic rings. The van der Waals surface area contributed by atoms with Crippen LogP contribution in [0.1, 0.15) is 34.5 Å². The van der Waals surface area contributed by atoms with E-state index in [1.54, 1.807) is 12.1 Å². The fourth-order valence-electron chi connectivity index (χ4n) is 2.49. The molecule has 0 radical (unpaired) electrons. The van der Waals surface area contributed by atoms with Gasteiger partial charge in [0, 0.05) is 9.86 Å². The average molecular weight is 385 g/mol. The van der Waals surface area contributed by atoms with E-state index in [1.807, 2.05) is 50.2 Å². The summed E-state index contributed by atoms with van der Waals surface area (Å²) in [5.74, 6) is -0.321. The Morgan fingerprint density at radius 1 is 1.17 bits per heavy atom. The quantitative estimate of drug-likeness (QED) is 0.699. The molecule has 5 heteroatoms. The van der Waals surface area contributed by atoms with Gasteiger partial charge in [0.15, 0.2) is 0 Å². The standard InChI is InChI=1S/C19H17BrN2O2/c1-11-3-5-13(6-4-11)12(2)22-19(23)16-10-14-9-15(20)7-8-17(14)24-18(16)21/h3-10,12,21H,1-2H3,(H,22,23)/t12-/m0/s1. The molecule has 0 spiro atoms. The van der Waals surface area contributed by atoms with E-state index in [0.29, 0.717) is 5.58 Å². The molecular formula is C19H17BrN2O2. The van der Waals surface area contributed by atoms with E-state index in [2.05, 4.69) is 21.2 Å². The van der Waals surface area contributed by atoms with Crippen LogP contribution in [0, 0.1) is 12.3 Å². The van der Waals surface area contributed by atoms with Crippen molar-refractivity contribution in [3.05, 3.63) is 75.2 Å². The Kier molecular flexibility index (Phi) is 4.53. The first-order chi connectivity index (χ1) is 11.4. The smallest absolute Gasteiger partial charge is 0.257 e. The Bertz CT molecular complexity index is 961. The first-order valence-electron chi connectivity index (χ1n) is 7.59. The number of aryl methyl sites for hydroxylation is 1. The molecule has 0 aliphatic rings. The third kappa shape index (κ3) is 3.41. The molecule has 1 atom stereocenters. The summed E-state index contributed by atoms with van der Waals surface area (Å²) in [5, 5.41) is 11.7. The van der Waals surface area contributed by atoms with Crippen molar-refractivity contribution in [3.8, 4) is 0 Å². The number of hydrogen-bond donors (Lipinski definition) is 2. The van der Waals surface area contributed by atoms with Gasteiger partial charge < -0.3 is 9.73 Å². The van der Waals surface area contributed by atoms with Crippen LogP contribution in [0.15, 0.2) is 57.4 Å². The number of hydrogen-bond acceptors (Lipinski definition) is 3. The highest BCUT2D eigenvalue weighted by Crippen LogP contribution is 2.20. The molecule has 1 heterocycles. The zero-order valence-electron chi connectivity index (χ0n) is 13.4. The average Bonchev–Trinajstić information content (AvgIpc) is 2.55. The fraction of sp³-hybridized carbons (Fsp3) is 0.158. The van der Waals surface area contributed by atoms with Gasteiger partial charge in [0.05, 0.1) is 6.04 Å². The Morgan fingerprint density at radius 3 is 2.58 bits per heavy atom. The maximum Gasteiger partial charge on any atom is 0.257 e. The Hall–Kier alpha value is -2.40. The molecule has 24 heavy (non-hydrogen) atoms. The lowest BCUT2D eigenvalue weighted by atomic mass is 10.1. The molecule has 2 aromatic carbocycles. The van der Waals surface area contributed by atoms with Gasteiger partial charge in [-0.1, -0.05) is 45.8 Å². The van der Waals surface area contributed by atoms with E-state index < -0.39 is 0 Å². The number of fused-ring (bicyclic) bond motifs is 1. The predicted molar refractivity (Wildman–Crippen MR) is 96.8 cm³/mol. The first kappa shape index (κ1) is 16.5. The number of carbonyl (C=O) groups excluding carboxylic acids is 1. The summed E-state index contributed by atoms with van der Waals surface area (Å²) in [7, 11) is 0. The minimum atomic E-state index is -0.321. The van der Waals surface area contributed by atoms with Gasteiger partial charge in [0.1, 0.15) is 11.1 Å². The molecular weight excluding hydrogens is 368 g/mol. The zero-order valence-corrected chi connectivity index (χ0v) is 15.0. The van der Waals surface area contributed by atoms with Gasteiger partial charge in [-0.25, -0.2) is 0 Å². The van der Waals surface area contributed by atoms with Crippen molar-refractivity contribution in [1.82, 2.24) is 5.32 Å². The highest BCUT2D eigenvalue weighted by Gasteiger charge is 2.15. The molecule has 1 aromatic heterocycles. The molecule has 0 saturated carbocycles. The predicted octanol–water partition coefficient (Wildman–Crippen LogP) is 4.47. The van der Waals surface area contributed by atoms with Crippen LogP contribution in [0.25, 0.3) is 11.0 Å². The Balaban J connectivity index is 1.89. The van der Waals surface area contributed by atoms with E-state index in [9.17, 15) is 4.79 Å². The molecule has 1 amide bonds. The van der Waals surface area contributed by atoms with E-state index in [1.165, 1.54) is 5.56 Å². The van der Waals surface area contributed by atoms with Crippen LogP contribution >= 0.6 is 15.9 Å². The van der Waals surface area contributed by atoms with Crippen LogP contribution in [0.2, 0.25) is 0 Å². The van der Waals surface area contributed by atoms with Gasteiger partial charge in [-0.3, -0.25) is 10.2 Å². The Labute approximate surface area is 148 Å². The van der Waals surface area contributed by atoms with Crippen molar-refractivity contribution in [2.24, 2.45) is 0 Å². The Morgan fingerprint density at radius 2 is 1.88 bits per heavy atom. The molecule has 0 unspecified atom stereocenters. The van der Waals surface area contributed by atoms with Crippen LogP contribution in [0.5, 0.6) is 0 Å². The van der Waals surface area contributed by atoms with E-state index in [0.717, 1.165) is 15.4 Å². The number of amides is 1. The summed E-state index contributed by atoms with van der Waals surface area (Å²) in [4.78, 5) is 12.5. The summed E-state index contributed by atoms with van der Waals surface area (Å²) in [5.41, 5.74) is 2.84. The van der Waals surface area contributed by atoms with Crippen LogP contribution in [-0.4, -0.2) is 5.91 Å². The number of carbonyl (C=O) groups is 1. The van der Waals surface area contributed by atoms with Crippen molar-refractivity contribution >= 4 is 32.8 Å². The van der Waals surface area contributed by atoms with Crippen LogP contribution in [0.3, 0.4) is 0 Å². The molecule has 4 nitrogen and oxygen atoms in total. The molecule has 0 saturated heterocycles. The summed E-state index contributed by atoms with van der Waals surface area (Å²) >= 11 is 3.40. The molecule has 0 aliphatic heterocycles. The summed E-state index contributed by atoms with van der Waals surface area (Å²) < 4.78 is 6.35. The van der Waals surface area contributed by atoms with Crippen molar-refractivity contribution in [2.75, 3.05) is 0 Å². The number of nitrogens with one attached hydrogen (secondary N) is 2. The number of benzene rings is 2. The molecule has 3 rings (SSSR count). The minimum absolute atomic E-state index is 0.140. The maximum absolute atomic E-state index is 12.5. The molecule has 0 bridgehead atoms. The highest BCUT2D eigenvalue weighted by molar-refractivity contribution is 9.10. The second kappa shape index (κ2) is 6.61. The van der Waals surface area contributed by atoms with Gasteiger partial charge in [0.2, 0.25) is 5.55 Å². The van der Waals surface area contributed by atoms with Gasteiger partial charge in [0.25, 0.3) is 5.91 Å². The summed E-state index contributed by atoms with van der Waals surface area (Å²) in [6.07, 6.45) is 0. The maximum atomic E-state index is 12.5. The monoisotopic (exact) mass is 384 g/mol. The van der Waals surface area contributed by atoms with Crippen molar-refractivity contribution < 1.29 is 9.21 Å². The molecule has 0 aliphatic carbocycles. The fourth-order valence-corrected chi connectivity index (χ4v) is 2.87. The van der Waals surface area contributed by atoms with Gasteiger partial charge in [-0.15, -0.1) is 0 Å². The van der Waals surface area contributed by atoms with Gasteiger partial charge in [-0.05, 0) is 43.7 Å².